The number of ether oxygens (including phenoxy) is 10. The van der Waals surface area contributed by atoms with Gasteiger partial charge in [0.05, 0.1) is 157 Å². The Hall–Kier alpha value is -2.04. The molecule has 1 aromatic rings. The van der Waals surface area contributed by atoms with E-state index in [1.54, 1.807) is 12.1 Å². The van der Waals surface area contributed by atoms with Gasteiger partial charge in [0.15, 0.2) is 0 Å². The van der Waals surface area contributed by atoms with Crippen LogP contribution in [0.3, 0.4) is 0 Å². The van der Waals surface area contributed by atoms with E-state index in [4.69, 9.17) is 67.3 Å². The molecule has 0 aliphatic carbocycles. The summed E-state index contributed by atoms with van der Waals surface area (Å²) in [7, 11) is -3.75. The van der Waals surface area contributed by atoms with E-state index < -0.39 is 10.1 Å². The molecule has 0 amide bonds. The lowest BCUT2D eigenvalue weighted by Crippen LogP contribution is -2.15. The number of aryl methyl sites for hydroxylation is 1. The van der Waals surface area contributed by atoms with Crippen LogP contribution in [0.4, 0.5) is 0 Å². The second kappa shape index (κ2) is 38.2. The average Bonchev–Trinajstić information content (AvgIpc) is 3.11. The van der Waals surface area contributed by atoms with E-state index in [1.165, 1.54) is 12.1 Å². The van der Waals surface area contributed by atoms with Gasteiger partial charge >= 0.3 is 0 Å². The standard InChI is InChI=1S/C19H32O9S.C12H25N3O6/c1-18-2-4-19(5-3-18)29(21,22)28-17-16-27-15-14-26-13-12-25-11-10-24-9-8-23-7-6-20;13-15-14-1-3-17-5-7-19-9-11-21-12-10-20-8-6-18-4-2-16/h2-5,20H,6-17H2,1H3;16H,1-12H2. The van der Waals surface area contributed by atoms with Crippen LogP contribution in [0, 0.1) is 6.92 Å². The van der Waals surface area contributed by atoms with E-state index in [-0.39, 0.29) is 31.3 Å². The summed E-state index contributed by atoms with van der Waals surface area (Å²) in [6, 6.07) is 6.47. The normalized spacial score (nSPS) is 11.3. The van der Waals surface area contributed by atoms with Gasteiger partial charge in [-0.2, -0.15) is 8.42 Å². The highest BCUT2D eigenvalue weighted by Crippen LogP contribution is 2.12. The summed E-state index contributed by atoms with van der Waals surface area (Å²) >= 11 is 0. The summed E-state index contributed by atoms with van der Waals surface area (Å²) in [6.07, 6.45) is 0. The maximum atomic E-state index is 12.0. The summed E-state index contributed by atoms with van der Waals surface area (Å²) < 4.78 is 81.1. The first kappa shape index (κ1) is 48.0. The molecule has 18 nitrogen and oxygen atoms in total. The van der Waals surface area contributed by atoms with Gasteiger partial charge in [0.2, 0.25) is 0 Å². The van der Waals surface area contributed by atoms with Crippen LogP contribution in [-0.4, -0.2) is 177 Å². The minimum absolute atomic E-state index is 0.0118. The van der Waals surface area contributed by atoms with E-state index in [0.29, 0.717) is 132 Å². The Labute approximate surface area is 295 Å². The quantitative estimate of drug-likeness (QED) is 0.0323. The molecule has 0 saturated heterocycles. The van der Waals surface area contributed by atoms with Crippen LogP contribution >= 0.6 is 0 Å². The molecule has 0 heterocycles. The third kappa shape index (κ3) is 34.4. The molecule has 0 spiro atoms. The van der Waals surface area contributed by atoms with Crippen LogP contribution in [0.5, 0.6) is 0 Å². The Morgan fingerprint density at radius 3 is 1.14 bits per heavy atom. The number of rotatable bonds is 36. The largest absolute Gasteiger partial charge is 0.394 e. The van der Waals surface area contributed by atoms with Crippen LogP contribution in [-0.2, 0) is 61.7 Å². The molecule has 0 aliphatic rings. The van der Waals surface area contributed by atoms with E-state index >= 15 is 0 Å². The smallest absolute Gasteiger partial charge is 0.297 e. The molecule has 0 saturated carbocycles. The van der Waals surface area contributed by atoms with Crippen LogP contribution in [0.1, 0.15) is 5.56 Å². The fourth-order valence-corrected chi connectivity index (χ4v) is 4.11. The van der Waals surface area contributed by atoms with Gasteiger partial charge in [0.25, 0.3) is 10.1 Å². The van der Waals surface area contributed by atoms with Gasteiger partial charge in [0.1, 0.15) is 0 Å². The van der Waals surface area contributed by atoms with Crippen molar-refractivity contribution >= 4 is 10.1 Å². The second-order valence-electron chi connectivity index (χ2n) is 9.61. The number of nitrogens with zero attached hydrogens (tertiary/aromatic N) is 3. The second-order valence-corrected chi connectivity index (χ2v) is 11.2. The van der Waals surface area contributed by atoms with Crippen LogP contribution in [0.15, 0.2) is 34.3 Å². The summed E-state index contributed by atoms with van der Waals surface area (Å²) in [5.41, 5.74) is 9.01. The SMILES string of the molecule is Cc1ccc(S(=O)(=O)OCCOCCOCCOCCOCCOCCO)cc1.[N-]=[N+]=NCCOCCOCCOCCOCCOCCO. The van der Waals surface area contributed by atoms with Crippen LogP contribution < -0.4 is 0 Å². The monoisotopic (exact) mass is 743 g/mol. The minimum atomic E-state index is -3.75. The van der Waals surface area contributed by atoms with Gasteiger partial charge in [-0.15, -0.1) is 0 Å². The molecule has 0 aliphatic heterocycles. The topological polar surface area (TPSA) is 225 Å². The number of aliphatic hydroxyl groups is 2. The van der Waals surface area contributed by atoms with Gasteiger partial charge in [-0.05, 0) is 24.6 Å². The van der Waals surface area contributed by atoms with E-state index in [1.807, 2.05) is 6.92 Å². The van der Waals surface area contributed by atoms with Crippen molar-refractivity contribution in [3.05, 3.63) is 40.3 Å². The lowest BCUT2D eigenvalue weighted by molar-refractivity contribution is -0.0145. The zero-order valence-corrected chi connectivity index (χ0v) is 30.0. The Bertz CT molecular complexity index is 1000. The number of azide groups is 1. The van der Waals surface area contributed by atoms with Crippen molar-refractivity contribution in [2.45, 2.75) is 11.8 Å². The first-order valence-electron chi connectivity index (χ1n) is 16.4. The van der Waals surface area contributed by atoms with Crippen molar-refractivity contribution in [2.75, 3.05) is 159 Å². The fourth-order valence-electron chi connectivity index (χ4n) is 3.22. The molecule has 0 aromatic heterocycles. The van der Waals surface area contributed by atoms with Crippen molar-refractivity contribution in [1.29, 1.82) is 0 Å². The third-order valence-electron chi connectivity index (χ3n) is 5.62. The Balaban J connectivity index is 0.00000101. The highest BCUT2D eigenvalue weighted by atomic mass is 32.2. The van der Waals surface area contributed by atoms with E-state index in [9.17, 15) is 8.42 Å². The molecule has 2 N–H and O–H groups in total. The lowest BCUT2D eigenvalue weighted by atomic mass is 10.2. The Kier molecular flexibility index (Phi) is 36.6. The molecule has 1 rings (SSSR count). The number of aliphatic hydroxyl groups excluding tert-OH is 2. The van der Waals surface area contributed by atoms with Gasteiger partial charge in [-0.3, -0.25) is 4.18 Å². The highest BCUT2D eigenvalue weighted by molar-refractivity contribution is 7.86. The molecule has 0 unspecified atom stereocenters. The number of hydrogen-bond acceptors (Lipinski definition) is 16. The summed E-state index contributed by atoms with van der Waals surface area (Å²) in [4.78, 5) is 2.74. The first-order valence-corrected chi connectivity index (χ1v) is 17.8. The van der Waals surface area contributed by atoms with Crippen molar-refractivity contribution < 1.29 is 70.2 Å². The molecule has 50 heavy (non-hydrogen) atoms. The maximum absolute atomic E-state index is 12.0. The van der Waals surface area contributed by atoms with Crippen LogP contribution in [0.25, 0.3) is 10.4 Å². The molecule has 0 fully saturated rings. The van der Waals surface area contributed by atoms with Crippen molar-refractivity contribution in [3.63, 3.8) is 0 Å². The zero-order valence-electron chi connectivity index (χ0n) is 29.2. The molecule has 1 aromatic carbocycles. The average molecular weight is 744 g/mol. The molecule has 292 valence electrons. The Morgan fingerprint density at radius 1 is 0.520 bits per heavy atom. The lowest BCUT2D eigenvalue weighted by Gasteiger charge is -2.08. The third-order valence-corrected chi connectivity index (χ3v) is 6.95. The van der Waals surface area contributed by atoms with E-state index in [0.717, 1.165) is 5.56 Å². The van der Waals surface area contributed by atoms with Gasteiger partial charge in [0, 0.05) is 11.5 Å². The summed E-state index contributed by atoms with van der Waals surface area (Å²) in [5.74, 6) is 0. The summed E-state index contributed by atoms with van der Waals surface area (Å²) in [5, 5.41) is 20.3. The molecule has 19 heteroatoms. The van der Waals surface area contributed by atoms with Gasteiger partial charge < -0.3 is 57.6 Å². The van der Waals surface area contributed by atoms with E-state index in [2.05, 4.69) is 10.0 Å². The molecule has 0 bridgehead atoms. The summed E-state index contributed by atoms with van der Waals surface area (Å²) in [6.45, 7) is 10.8. The Morgan fingerprint density at radius 2 is 0.820 bits per heavy atom. The van der Waals surface area contributed by atoms with Gasteiger partial charge in [-0.1, -0.05) is 22.8 Å². The predicted octanol–water partition coefficient (Wildman–Crippen LogP) is 1.15. The van der Waals surface area contributed by atoms with Gasteiger partial charge in [-0.25, -0.2) is 0 Å². The minimum Gasteiger partial charge on any atom is -0.394 e. The molecule has 0 radical (unpaired) electrons. The highest BCUT2D eigenvalue weighted by Gasteiger charge is 2.14. The van der Waals surface area contributed by atoms with Crippen molar-refractivity contribution in [1.82, 2.24) is 0 Å². The maximum Gasteiger partial charge on any atom is 0.297 e. The number of benzene rings is 1. The molecular weight excluding hydrogens is 686 g/mol. The fraction of sp³-hybridized carbons (Fsp3) is 0.806. The van der Waals surface area contributed by atoms with Crippen LogP contribution in [0.2, 0.25) is 0 Å². The molecular formula is C31H57N3O15S. The molecule has 0 atom stereocenters. The predicted molar refractivity (Wildman–Crippen MR) is 181 cm³/mol. The van der Waals surface area contributed by atoms with Crippen molar-refractivity contribution in [2.24, 2.45) is 5.11 Å². The first-order chi connectivity index (χ1) is 24.5. The number of hydrogen-bond donors (Lipinski definition) is 2. The van der Waals surface area contributed by atoms with Crippen molar-refractivity contribution in [3.8, 4) is 0 Å². The zero-order chi connectivity index (χ0) is 36.6.